The van der Waals surface area contributed by atoms with Crippen LogP contribution in [0.1, 0.15) is 32.1 Å². The van der Waals surface area contributed by atoms with Crippen LogP contribution in [0.15, 0.2) is 23.8 Å². The molecule has 0 aromatic heterocycles. The molecule has 1 heterocycles. The number of halogens is 24. The van der Waals surface area contributed by atoms with Crippen LogP contribution < -0.4 is 0 Å². The Balaban J connectivity index is 0.000000204. The standard InChI is InChI=1S/C13H8F12O2.C10H8F6O.C3F6O.C3H6/c14-10(15,16)8(11(17,18)19)4-2-1-3-5(4)7(3,6(2)27-8)9(26,12(20,21)22)13(23,24)25;11-9(12,13)8(17,10(14,15)16)7-4-5-1-2-6(7)3-5;4-2(5,6)1(10)3(7,8)9;1-2-3-1/h2-6,26H,1H2;1-2,4-6,17H,3H2;;1-3H2. The van der Waals surface area contributed by atoms with Crippen LogP contribution in [-0.2, 0) is 9.53 Å². The quantitative estimate of drug-likeness (QED) is 0.214. The third kappa shape index (κ3) is 6.85. The molecule has 28 heteroatoms. The van der Waals surface area contributed by atoms with Gasteiger partial charge < -0.3 is 14.9 Å². The number of alkyl halides is 24. The zero-order valence-electron chi connectivity index (χ0n) is 27.1. The lowest BCUT2D eigenvalue weighted by atomic mass is 9.75. The van der Waals surface area contributed by atoms with Gasteiger partial charge in [0.25, 0.3) is 16.8 Å². The summed E-state index contributed by atoms with van der Waals surface area (Å²) >= 11 is 0. The molecule has 8 atom stereocenters. The number of carbonyl (C=O) groups excluding carboxylic acids is 1. The number of allylic oxidation sites excluding steroid dienone is 3. The monoisotopic (exact) mass is 890 g/mol. The van der Waals surface area contributed by atoms with Crippen molar-refractivity contribution in [2.75, 3.05) is 0 Å². The van der Waals surface area contributed by atoms with E-state index in [0.717, 1.165) is 6.08 Å². The van der Waals surface area contributed by atoms with Crippen LogP contribution >= 0.6 is 0 Å². The van der Waals surface area contributed by atoms with Crippen molar-refractivity contribution in [2.24, 2.45) is 40.9 Å². The fourth-order valence-corrected chi connectivity index (χ4v) is 8.70. The Labute approximate surface area is 300 Å². The number of ether oxygens (including phenoxy) is 1. The zero-order valence-corrected chi connectivity index (χ0v) is 27.1. The maximum atomic E-state index is 13.3. The molecule has 8 unspecified atom stereocenters. The van der Waals surface area contributed by atoms with Crippen molar-refractivity contribution in [1.29, 1.82) is 0 Å². The first kappa shape index (κ1) is 47.0. The number of aliphatic hydroxyl groups is 2. The zero-order chi connectivity index (χ0) is 44.6. The largest absolute Gasteiger partial charge is 0.459 e. The van der Waals surface area contributed by atoms with E-state index in [1.807, 2.05) is 0 Å². The first-order valence-corrected chi connectivity index (χ1v) is 15.7. The van der Waals surface area contributed by atoms with Crippen LogP contribution in [0.2, 0.25) is 0 Å². The van der Waals surface area contributed by atoms with Crippen LogP contribution in [0, 0.1) is 40.9 Å². The maximum Gasteiger partial charge on any atom is 0.459 e. The topological polar surface area (TPSA) is 66.8 Å². The molecule has 0 amide bonds. The summed E-state index contributed by atoms with van der Waals surface area (Å²) < 4.78 is 304. The van der Waals surface area contributed by atoms with Gasteiger partial charge in [-0.15, -0.1) is 0 Å². The number of rotatable bonds is 2. The van der Waals surface area contributed by atoms with Crippen LogP contribution in [0.4, 0.5) is 105 Å². The van der Waals surface area contributed by atoms with E-state index in [2.05, 4.69) is 4.74 Å². The minimum atomic E-state index is -6.36. The summed E-state index contributed by atoms with van der Waals surface area (Å²) in [6.07, 6.45) is -43.1. The van der Waals surface area contributed by atoms with Crippen molar-refractivity contribution in [3.05, 3.63) is 23.8 Å². The van der Waals surface area contributed by atoms with Gasteiger partial charge in [-0.3, -0.25) is 4.79 Å². The second kappa shape index (κ2) is 13.2. The Morgan fingerprint density at radius 1 is 0.596 bits per heavy atom. The predicted molar refractivity (Wildman–Crippen MR) is 135 cm³/mol. The maximum absolute atomic E-state index is 13.3. The first-order chi connectivity index (χ1) is 25.0. The van der Waals surface area contributed by atoms with E-state index in [0.29, 0.717) is 0 Å². The van der Waals surface area contributed by atoms with Crippen molar-refractivity contribution in [2.45, 2.75) is 104 Å². The minimum Gasteiger partial charge on any atom is -0.373 e. The van der Waals surface area contributed by atoms with E-state index in [-0.39, 0.29) is 6.42 Å². The smallest absolute Gasteiger partial charge is 0.373 e. The van der Waals surface area contributed by atoms with E-state index in [4.69, 9.17) is 5.11 Å². The SMILES string of the molecule is C1CC1.O=C(C(F)(F)F)C(F)(F)F.OC(C(F)(F)F)(C(F)(F)F)C12C3CC4C1OC(C(F)(F)F)(C(F)(F)F)C4C32.OC(C1=CC2C=CC1C2)(C(F)(F)F)C(F)(F)F. The highest BCUT2D eigenvalue weighted by molar-refractivity contribution is 5.89. The summed E-state index contributed by atoms with van der Waals surface area (Å²) in [5.41, 5.74) is -19.3. The molecule has 1 aliphatic heterocycles. The molecule has 0 aromatic carbocycles. The van der Waals surface area contributed by atoms with Gasteiger partial charge in [0, 0.05) is 11.8 Å². The van der Waals surface area contributed by atoms with E-state index >= 15 is 0 Å². The van der Waals surface area contributed by atoms with Crippen LogP contribution in [0.3, 0.4) is 0 Å². The molecule has 0 spiro atoms. The Bertz CT molecular complexity index is 1540. The Hall–Kier alpha value is -2.65. The summed E-state index contributed by atoms with van der Waals surface area (Å²) in [5, 5.41) is 18.8. The molecule has 5 saturated carbocycles. The summed E-state index contributed by atoms with van der Waals surface area (Å²) in [4.78, 5) is 9.24. The molecular formula is C29H22F24O4. The average Bonchev–Trinajstić information content (AvgIpc) is 3.62. The second-order valence-corrected chi connectivity index (χ2v) is 14.1. The van der Waals surface area contributed by atoms with Gasteiger partial charge in [-0.2, -0.15) is 105 Å². The third-order valence-corrected chi connectivity index (χ3v) is 10.8. The van der Waals surface area contributed by atoms with Crippen LogP contribution in [-0.4, -0.2) is 88.3 Å². The molecule has 2 N–H and O–H groups in total. The summed E-state index contributed by atoms with van der Waals surface area (Å²) in [5.74, 6) is -13.6. The Kier molecular flexibility index (Phi) is 10.9. The molecule has 4 nitrogen and oxygen atoms in total. The number of Topliss-reactive ketones (excluding diaryl/α,β-unsaturated/α-hetero) is 1. The third-order valence-electron chi connectivity index (χ3n) is 10.8. The van der Waals surface area contributed by atoms with Gasteiger partial charge in [0.1, 0.15) is 0 Å². The van der Waals surface area contributed by atoms with E-state index in [1.165, 1.54) is 25.3 Å². The van der Waals surface area contributed by atoms with Gasteiger partial charge in [0.2, 0.25) is 0 Å². The van der Waals surface area contributed by atoms with E-state index in [9.17, 15) is 115 Å². The summed E-state index contributed by atoms with van der Waals surface area (Å²) in [7, 11) is 0. The first-order valence-electron chi connectivity index (χ1n) is 15.7. The van der Waals surface area contributed by atoms with Crippen molar-refractivity contribution >= 4 is 5.78 Å². The Morgan fingerprint density at radius 3 is 1.26 bits per heavy atom. The molecule has 1 saturated heterocycles. The molecule has 8 bridgehead atoms. The fourth-order valence-electron chi connectivity index (χ4n) is 8.70. The van der Waals surface area contributed by atoms with Gasteiger partial charge in [0.15, 0.2) is 0 Å². The molecule has 8 rings (SSSR count). The number of ketones is 1. The molecule has 8 aliphatic rings. The normalized spacial score (nSPS) is 32.5. The van der Waals surface area contributed by atoms with Crippen LogP contribution in [0.5, 0.6) is 0 Å². The number of fused-ring (bicyclic) bond motifs is 2. The number of hydrogen-bond acceptors (Lipinski definition) is 4. The highest BCUT2D eigenvalue weighted by Gasteiger charge is 3.05. The van der Waals surface area contributed by atoms with Crippen molar-refractivity contribution in [3.8, 4) is 0 Å². The summed E-state index contributed by atoms with van der Waals surface area (Å²) in [6, 6.07) is 0. The Morgan fingerprint density at radius 2 is 1.02 bits per heavy atom. The minimum absolute atomic E-state index is 0.170. The molecule has 6 fully saturated rings. The molecule has 330 valence electrons. The number of hydrogen-bond donors (Lipinski definition) is 2. The lowest BCUT2D eigenvalue weighted by Crippen LogP contribution is -2.69. The second-order valence-electron chi connectivity index (χ2n) is 14.1. The van der Waals surface area contributed by atoms with E-state index < -0.39 is 131 Å². The highest BCUT2D eigenvalue weighted by Crippen LogP contribution is 2.93. The average molecular weight is 890 g/mol. The highest BCUT2D eigenvalue weighted by atomic mass is 19.4. The van der Waals surface area contributed by atoms with Crippen LogP contribution in [0.25, 0.3) is 0 Å². The predicted octanol–water partition coefficient (Wildman–Crippen LogP) is 9.81. The van der Waals surface area contributed by atoms with Crippen molar-refractivity contribution < 1.29 is 125 Å². The summed E-state index contributed by atoms with van der Waals surface area (Å²) in [6.45, 7) is 0. The lowest BCUT2D eigenvalue weighted by Gasteiger charge is -2.46. The van der Waals surface area contributed by atoms with Gasteiger partial charge in [-0.25, -0.2) is 0 Å². The number of carbonyl (C=O) groups is 1. The van der Waals surface area contributed by atoms with E-state index in [1.54, 1.807) is 6.08 Å². The lowest BCUT2D eigenvalue weighted by molar-refractivity contribution is -0.428. The van der Waals surface area contributed by atoms with Gasteiger partial charge in [0.05, 0.1) is 11.5 Å². The molecule has 0 radical (unpaired) electrons. The molecule has 0 aromatic rings. The van der Waals surface area contributed by atoms with Gasteiger partial charge in [-0.1, -0.05) is 37.5 Å². The van der Waals surface area contributed by atoms with Crippen molar-refractivity contribution in [3.63, 3.8) is 0 Å². The molecule has 57 heavy (non-hydrogen) atoms. The van der Waals surface area contributed by atoms with Crippen molar-refractivity contribution in [1.82, 2.24) is 0 Å². The molecule has 7 aliphatic carbocycles. The van der Waals surface area contributed by atoms with Gasteiger partial charge in [-0.05, 0) is 42.1 Å². The molecular weight excluding hydrogens is 868 g/mol. The van der Waals surface area contributed by atoms with Gasteiger partial charge >= 0.3 is 55.2 Å². The fraction of sp³-hybridized carbons (Fsp3) is 0.828.